The van der Waals surface area contributed by atoms with Gasteiger partial charge in [-0.2, -0.15) is 5.10 Å². The van der Waals surface area contributed by atoms with Gasteiger partial charge in [0, 0.05) is 24.7 Å². The number of aromatic nitrogens is 2. The highest BCUT2D eigenvalue weighted by atomic mass is 35.5. The number of aliphatic hydroxyl groups excluding tert-OH is 1. The molecule has 1 aromatic heterocycles. The van der Waals surface area contributed by atoms with E-state index < -0.39 is 6.10 Å². The van der Waals surface area contributed by atoms with Gasteiger partial charge in [-0.15, -0.1) is 0 Å². The van der Waals surface area contributed by atoms with Crippen molar-refractivity contribution >= 4 is 11.6 Å². The molecular weight excluding hydrogens is 274 g/mol. The summed E-state index contributed by atoms with van der Waals surface area (Å²) in [5, 5.41) is 14.8. The fourth-order valence-corrected chi connectivity index (χ4v) is 2.74. The molecule has 20 heavy (non-hydrogen) atoms. The number of halogens is 1. The van der Waals surface area contributed by atoms with E-state index in [9.17, 15) is 5.11 Å². The smallest absolute Gasteiger partial charge is 0.0950 e. The average molecular weight is 292 g/mol. The second-order valence-corrected chi connectivity index (χ2v) is 5.67. The molecule has 1 aliphatic rings. The van der Waals surface area contributed by atoms with Gasteiger partial charge >= 0.3 is 0 Å². The third-order valence-corrected chi connectivity index (χ3v) is 4.04. The van der Waals surface area contributed by atoms with E-state index in [1.54, 1.807) is 6.92 Å². The van der Waals surface area contributed by atoms with Gasteiger partial charge in [0.2, 0.25) is 0 Å². The van der Waals surface area contributed by atoms with Crippen molar-refractivity contribution in [2.24, 2.45) is 0 Å². The monoisotopic (exact) mass is 291 g/mol. The molecule has 0 aliphatic carbocycles. The van der Waals surface area contributed by atoms with E-state index in [4.69, 9.17) is 11.6 Å². The quantitative estimate of drug-likeness (QED) is 0.945. The van der Waals surface area contributed by atoms with Crippen molar-refractivity contribution < 1.29 is 5.11 Å². The Labute approximate surface area is 123 Å². The van der Waals surface area contributed by atoms with Crippen LogP contribution in [0.2, 0.25) is 5.02 Å². The molecule has 3 rings (SSSR count). The van der Waals surface area contributed by atoms with Crippen LogP contribution in [-0.2, 0) is 19.6 Å². The molecule has 2 heterocycles. The number of fused-ring (bicyclic) bond motifs is 1. The van der Waals surface area contributed by atoms with Crippen LogP contribution >= 0.6 is 11.6 Å². The maximum Gasteiger partial charge on any atom is 0.0950 e. The molecule has 1 atom stereocenters. The van der Waals surface area contributed by atoms with Crippen molar-refractivity contribution in [2.75, 3.05) is 6.54 Å². The molecule has 1 aliphatic heterocycles. The molecule has 0 bridgehead atoms. The Balaban J connectivity index is 1.74. The summed E-state index contributed by atoms with van der Waals surface area (Å²) in [5.74, 6) is 0. The van der Waals surface area contributed by atoms with Gasteiger partial charge in [0.05, 0.1) is 24.0 Å². The highest BCUT2D eigenvalue weighted by molar-refractivity contribution is 6.31. The second kappa shape index (κ2) is 5.56. The number of hydrogen-bond acceptors (Lipinski definition) is 3. The first-order chi connectivity index (χ1) is 9.63. The van der Waals surface area contributed by atoms with Gasteiger partial charge < -0.3 is 5.11 Å². The van der Waals surface area contributed by atoms with Crippen LogP contribution in [-0.4, -0.2) is 26.3 Å². The number of hydrogen-bond donors (Lipinski definition) is 1. The van der Waals surface area contributed by atoms with Gasteiger partial charge in [-0.1, -0.05) is 29.8 Å². The molecule has 0 amide bonds. The largest absolute Gasteiger partial charge is 0.387 e. The topological polar surface area (TPSA) is 41.3 Å². The molecule has 1 N–H and O–H groups in total. The Morgan fingerprint density at radius 2 is 2.15 bits per heavy atom. The van der Waals surface area contributed by atoms with Gasteiger partial charge in [-0.05, 0) is 24.6 Å². The van der Waals surface area contributed by atoms with Crippen molar-refractivity contribution in [1.29, 1.82) is 0 Å². The third-order valence-electron chi connectivity index (χ3n) is 3.68. The maximum absolute atomic E-state index is 9.60. The fraction of sp³-hybridized carbons (Fsp3) is 0.400. The van der Waals surface area contributed by atoms with Crippen molar-refractivity contribution in [1.82, 2.24) is 14.7 Å². The summed E-state index contributed by atoms with van der Waals surface area (Å²) < 4.78 is 1.99. The Bertz CT molecular complexity index is 609. The predicted molar refractivity (Wildman–Crippen MR) is 78.4 cm³/mol. The fourth-order valence-electron chi connectivity index (χ4n) is 2.55. The Morgan fingerprint density at radius 3 is 2.90 bits per heavy atom. The zero-order chi connectivity index (χ0) is 14.1. The Morgan fingerprint density at radius 1 is 1.35 bits per heavy atom. The summed E-state index contributed by atoms with van der Waals surface area (Å²) in [7, 11) is 0. The average Bonchev–Trinajstić information content (AvgIpc) is 2.85. The summed E-state index contributed by atoms with van der Waals surface area (Å²) in [6.07, 6.45) is -0.509. The predicted octanol–water partition coefficient (Wildman–Crippen LogP) is 2.61. The first-order valence-corrected chi connectivity index (χ1v) is 7.22. The van der Waals surface area contributed by atoms with E-state index in [-0.39, 0.29) is 0 Å². The highest BCUT2D eigenvalue weighted by Gasteiger charge is 2.20. The second-order valence-electron chi connectivity index (χ2n) is 5.26. The first-order valence-electron chi connectivity index (χ1n) is 6.84. The van der Waals surface area contributed by atoms with Crippen LogP contribution in [0.3, 0.4) is 0 Å². The minimum Gasteiger partial charge on any atom is -0.387 e. The van der Waals surface area contributed by atoms with E-state index in [1.807, 2.05) is 28.9 Å². The molecule has 0 fully saturated rings. The van der Waals surface area contributed by atoms with Gasteiger partial charge in [0.1, 0.15) is 0 Å². The summed E-state index contributed by atoms with van der Waals surface area (Å²) in [4.78, 5) is 2.35. The van der Waals surface area contributed by atoms with Crippen LogP contribution < -0.4 is 0 Å². The molecule has 2 aromatic rings. The summed E-state index contributed by atoms with van der Waals surface area (Å²) in [6, 6.07) is 9.95. The molecule has 0 saturated carbocycles. The van der Waals surface area contributed by atoms with Crippen LogP contribution in [0.4, 0.5) is 0 Å². The number of benzene rings is 1. The molecule has 1 aromatic carbocycles. The Kier molecular flexibility index (Phi) is 3.78. The lowest BCUT2D eigenvalue weighted by atomic mass is 10.2. The van der Waals surface area contributed by atoms with Crippen LogP contribution in [0.1, 0.15) is 30.0 Å². The minimum absolute atomic E-state index is 0.509. The van der Waals surface area contributed by atoms with E-state index in [0.717, 1.165) is 48.2 Å². The lowest BCUT2D eigenvalue weighted by molar-refractivity contribution is 0.189. The molecule has 0 saturated heterocycles. The van der Waals surface area contributed by atoms with Crippen LogP contribution in [0, 0.1) is 0 Å². The van der Waals surface area contributed by atoms with Crippen LogP contribution in [0.25, 0.3) is 0 Å². The molecule has 5 heteroatoms. The van der Waals surface area contributed by atoms with E-state index in [1.165, 1.54) is 0 Å². The first kappa shape index (κ1) is 13.6. The van der Waals surface area contributed by atoms with Gasteiger partial charge in [-0.25, -0.2) is 0 Å². The van der Waals surface area contributed by atoms with Crippen molar-refractivity contribution in [3.63, 3.8) is 0 Å². The van der Waals surface area contributed by atoms with Crippen molar-refractivity contribution in [3.05, 3.63) is 52.3 Å². The normalized spacial score (nSPS) is 16.9. The molecule has 106 valence electrons. The standard InChI is InChI=1S/C15H18ClN3O/c1-11(20)15-8-13-10-18(6-7-19(13)17-15)9-12-4-2-3-5-14(12)16/h2-5,8,11,20H,6-7,9-10H2,1H3/t11-/m0/s1. The number of nitrogens with zero attached hydrogens (tertiary/aromatic N) is 3. The van der Waals surface area contributed by atoms with Gasteiger partial charge in [0.15, 0.2) is 0 Å². The molecule has 4 nitrogen and oxygen atoms in total. The van der Waals surface area contributed by atoms with E-state index in [0.29, 0.717) is 0 Å². The van der Waals surface area contributed by atoms with Crippen LogP contribution in [0.15, 0.2) is 30.3 Å². The molecule has 0 unspecified atom stereocenters. The zero-order valence-electron chi connectivity index (χ0n) is 11.5. The molecular formula is C15H18ClN3O. The zero-order valence-corrected chi connectivity index (χ0v) is 12.2. The van der Waals surface area contributed by atoms with Crippen LogP contribution in [0.5, 0.6) is 0 Å². The minimum atomic E-state index is -0.509. The molecule has 0 radical (unpaired) electrons. The van der Waals surface area contributed by atoms with Gasteiger partial charge in [0.25, 0.3) is 0 Å². The van der Waals surface area contributed by atoms with E-state index in [2.05, 4.69) is 16.1 Å². The van der Waals surface area contributed by atoms with Crippen molar-refractivity contribution in [3.8, 4) is 0 Å². The lowest BCUT2D eigenvalue weighted by Gasteiger charge is -2.27. The lowest BCUT2D eigenvalue weighted by Crippen LogP contribution is -2.33. The summed E-state index contributed by atoms with van der Waals surface area (Å²) in [5.41, 5.74) is 3.05. The third kappa shape index (κ3) is 2.73. The van der Waals surface area contributed by atoms with Crippen molar-refractivity contribution in [2.45, 2.75) is 32.7 Å². The molecule has 0 spiro atoms. The summed E-state index contributed by atoms with van der Waals surface area (Å²) in [6.45, 7) is 5.22. The summed E-state index contributed by atoms with van der Waals surface area (Å²) >= 11 is 6.21. The Hall–Kier alpha value is -1.36. The number of aliphatic hydroxyl groups is 1. The number of rotatable bonds is 3. The highest BCUT2D eigenvalue weighted by Crippen LogP contribution is 2.22. The SMILES string of the molecule is C[C@H](O)c1cc2n(n1)CCN(Cc1ccccc1Cl)C2. The maximum atomic E-state index is 9.60. The van der Waals surface area contributed by atoms with E-state index >= 15 is 0 Å². The van der Waals surface area contributed by atoms with Gasteiger partial charge in [-0.3, -0.25) is 9.58 Å².